The highest BCUT2D eigenvalue weighted by Crippen LogP contribution is 2.38. The minimum atomic E-state index is -3.46. The number of carbonyl (C=O) groups is 1. The number of sulfone groups is 1. The topological polar surface area (TPSA) is 63.7 Å². The van der Waals surface area contributed by atoms with Crippen molar-refractivity contribution in [2.24, 2.45) is 0 Å². The molecule has 1 aliphatic heterocycles. The molecular formula is C12H12ClNO4S2. The number of rotatable bonds is 3. The minimum absolute atomic E-state index is 0.0759. The van der Waals surface area contributed by atoms with Gasteiger partial charge in [-0.15, -0.1) is 11.8 Å². The number of hydrogen-bond donors (Lipinski definition) is 0. The molecule has 0 bridgehead atoms. The van der Waals surface area contributed by atoms with Gasteiger partial charge in [0, 0.05) is 12.5 Å². The Labute approximate surface area is 126 Å². The van der Waals surface area contributed by atoms with Crippen molar-refractivity contribution in [1.29, 1.82) is 0 Å². The summed E-state index contributed by atoms with van der Waals surface area (Å²) in [6, 6.07) is 2.74. The monoisotopic (exact) mass is 333 g/mol. The second kappa shape index (κ2) is 5.67. The van der Waals surface area contributed by atoms with E-state index in [-0.39, 0.29) is 15.5 Å². The van der Waals surface area contributed by atoms with E-state index in [4.69, 9.17) is 11.6 Å². The first kappa shape index (κ1) is 15.2. The Hall–Kier alpha value is -1.18. The summed E-state index contributed by atoms with van der Waals surface area (Å²) in [5.41, 5.74) is 0.445. The molecule has 0 spiro atoms. The van der Waals surface area contributed by atoms with Crippen LogP contribution in [-0.2, 0) is 14.6 Å². The van der Waals surface area contributed by atoms with Gasteiger partial charge in [-0.1, -0.05) is 11.6 Å². The molecule has 0 saturated carbocycles. The van der Waals surface area contributed by atoms with Crippen molar-refractivity contribution in [3.05, 3.63) is 34.3 Å². The van der Waals surface area contributed by atoms with E-state index >= 15 is 0 Å². The Morgan fingerprint density at radius 2 is 2.15 bits per heavy atom. The zero-order chi connectivity index (χ0) is 14.9. The molecule has 2 rings (SSSR count). The molecule has 5 nitrogen and oxygen atoms in total. The summed E-state index contributed by atoms with van der Waals surface area (Å²) in [6.45, 7) is 0. The number of hydrogen-bond acceptors (Lipinski definition) is 6. The van der Waals surface area contributed by atoms with Gasteiger partial charge in [-0.05, 0) is 17.5 Å². The third-order valence-corrected chi connectivity index (χ3v) is 4.97. The third-order valence-electron chi connectivity index (χ3n) is 2.72. The highest BCUT2D eigenvalue weighted by molar-refractivity contribution is 8.02. The molecule has 0 radical (unpaired) electrons. The van der Waals surface area contributed by atoms with Crippen LogP contribution in [0, 0.1) is 0 Å². The van der Waals surface area contributed by atoms with Gasteiger partial charge >= 0.3 is 5.97 Å². The summed E-state index contributed by atoms with van der Waals surface area (Å²) in [4.78, 5) is 13.4. The maximum absolute atomic E-state index is 11.9. The van der Waals surface area contributed by atoms with Gasteiger partial charge in [-0.2, -0.15) is 0 Å². The van der Waals surface area contributed by atoms with Crippen molar-refractivity contribution in [3.8, 4) is 0 Å². The molecular weight excluding hydrogens is 322 g/mol. The molecule has 1 aliphatic rings. The van der Waals surface area contributed by atoms with E-state index in [0.29, 0.717) is 11.6 Å². The van der Waals surface area contributed by atoms with Crippen LogP contribution in [0.2, 0.25) is 5.02 Å². The van der Waals surface area contributed by atoms with Gasteiger partial charge in [0.2, 0.25) is 0 Å². The van der Waals surface area contributed by atoms with Crippen LogP contribution >= 0.6 is 23.4 Å². The van der Waals surface area contributed by atoms with Crippen molar-refractivity contribution < 1.29 is 17.9 Å². The molecule has 1 aromatic rings. The summed E-state index contributed by atoms with van der Waals surface area (Å²) in [7, 11) is -2.22. The zero-order valence-electron chi connectivity index (χ0n) is 10.8. The number of esters is 1. The van der Waals surface area contributed by atoms with Crippen LogP contribution < -0.4 is 4.90 Å². The van der Waals surface area contributed by atoms with Crippen molar-refractivity contribution in [2.45, 2.75) is 4.90 Å². The second-order valence-electron chi connectivity index (χ2n) is 4.09. The Bertz CT molecular complexity index is 685. The average molecular weight is 334 g/mol. The van der Waals surface area contributed by atoms with Crippen molar-refractivity contribution in [3.63, 3.8) is 0 Å². The highest BCUT2D eigenvalue weighted by atomic mass is 35.5. The first-order valence-electron chi connectivity index (χ1n) is 5.52. The largest absolute Gasteiger partial charge is 0.465 e. The van der Waals surface area contributed by atoms with Crippen molar-refractivity contribution >= 4 is 44.9 Å². The number of nitrogens with zero attached hydrogens (tertiary/aromatic N) is 1. The molecule has 1 aromatic carbocycles. The SMILES string of the molecule is COC(=O)c1ccc(S(C)(=O)=O)c(N2C=CSC2)c1Cl. The van der Waals surface area contributed by atoms with Gasteiger partial charge in [0.1, 0.15) is 0 Å². The number of ether oxygens (including phenoxy) is 1. The number of methoxy groups -OCH3 is 1. The molecule has 108 valence electrons. The predicted molar refractivity (Wildman–Crippen MR) is 80.0 cm³/mol. The number of thioether (sulfide) groups is 1. The normalized spacial score (nSPS) is 14.7. The molecule has 0 saturated heterocycles. The van der Waals surface area contributed by atoms with E-state index in [1.54, 1.807) is 11.1 Å². The second-order valence-corrected chi connectivity index (χ2v) is 7.31. The Balaban J connectivity index is 2.70. The summed E-state index contributed by atoms with van der Waals surface area (Å²) >= 11 is 7.72. The van der Waals surface area contributed by atoms with E-state index in [9.17, 15) is 13.2 Å². The Morgan fingerprint density at radius 1 is 1.45 bits per heavy atom. The maximum Gasteiger partial charge on any atom is 0.339 e. The zero-order valence-corrected chi connectivity index (χ0v) is 13.2. The number of anilines is 1. The molecule has 0 aliphatic carbocycles. The standard InChI is InChI=1S/C12H12ClNO4S2/c1-18-12(15)8-3-4-9(20(2,16)17)11(10(8)13)14-5-6-19-7-14/h3-6H,7H2,1-2H3. The van der Waals surface area contributed by atoms with Crippen LogP contribution in [0.4, 0.5) is 5.69 Å². The maximum atomic E-state index is 11.9. The fourth-order valence-corrected chi connectivity index (χ4v) is 3.79. The Morgan fingerprint density at radius 3 is 2.65 bits per heavy atom. The van der Waals surface area contributed by atoms with Crippen molar-refractivity contribution in [2.75, 3.05) is 24.1 Å². The Kier molecular flexibility index (Phi) is 4.31. The van der Waals surface area contributed by atoms with Gasteiger partial charge in [0.15, 0.2) is 9.84 Å². The smallest absolute Gasteiger partial charge is 0.339 e. The van der Waals surface area contributed by atoms with Crippen LogP contribution in [0.5, 0.6) is 0 Å². The third kappa shape index (κ3) is 2.79. The summed E-state index contributed by atoms with van der Waals surface area (Å²) in [5.74, 6) is -0.0699. The van der Waals surface area contributed by atoms with Crippen LogP contribution in [0.25, 0.3) is 0 Å². The van der Waals surface area contributed by atoms with Crippen LogP contribution in [0.15, 0.2) is 28.6 Å². The van der Waals surface area contributed by atoms with Crippen molar-refractivity contribution in [1.82, 2.24) is 0 Å². The average Bonchev–Trinajstić information content (AvgIpc) is 2.89. The molecule has 0 amide bonds. The molecule has 0 atom stereocenters. The first-order chi connectivity index (χ1) is 9.36. The van der Waals surface area contributed by atoms with Crippen LogP contribution in [0.3, 0.4) is 0 Å². The summed E-state index contributed by atoms with van der Waals surface area (Å²) in [5, 5.41) is 1.90. The van der Waals surface area contributed by atoms with Gasteiger partial charge in [-0.25, -0.2) is 13.2 Å². The lowest BCUT2D eigenvalue weighted by Gasteiger charge is -2.21. The number of carbonyl (C=O) groups excluding carboxylic acids is 1. The molecule has 20 heavy (non-hydrogen) atoms. The van der Waals surface area contributed by atoms with E-state index in [1.165, 1.54) is 31.0 Å². The van der Waals surface area contributed by atoms with E-state index in [1.807, 2.05) is 5.41 Å². The van der Waals surface area contributed by atoms with E-state index in [2.05, 4.69) is 4.74 Å². The van der Waals surface area contributed by atoms with Gasteiger partial charge < -0.3 is 9.64 Å². The number of benzene rings is 1. The molecule has 1 heterocycles. The molecule has 0 unspecified atom stereocenters. The highest BCUT2D eigenvalue weighted by Gasteiger charge is 2.26. The van der Waals surface area contributed by atoms with Crippen LogP contribution in [0.1, 0.15) is 10.4 Å². The van der Waals surface area contributed by atoms with E-state index < -0.39 is 15.8 Å². The van der Waals surface area contributed by atoms with E-state index in [0.717, 1.165) is 6.26 Å². The lowest BCUT2D eigenvalue weighted by Crippen LogP contribution is -2.17. The molecule has 0 N–H and O–H groups in total. The number of halogens is 1. The molecule has 0 aromatic heterocycles. The molecule has 8 heteroatoms. The summed E-state index contributed by atoms with van der Waals surface area (Å²) in [6.07, 6.45) is 2.83. The lowest BCUT2D eigenvalue weighted by molar-refractivity contribution is 0.0601. The predicted octanol–water partition coefficient (Wildman–Crippen LogP) is 2.51. The van der Waals surface area contributed by atoms with Gasteiger partial charge in [-0.3, -0.25) is 0 Å². The molecule has 0 fully saturated rings. The van der Waals surface area contributed by atoms with Gasteiger partial charge in [0.05, 0.1) is 34.2 Å². The fourth-order valence-electron chi connectivity index (χ4n) is 1.80. The first-order valence-corrected chi connectivity index (χ1v) is 8.84. The van der Waals surface area contributed by atoms with Gasteiger partial charge in [0.25, 0.3) is 0 Å². The quantitative estimate of drug-likeness (QED) is 0.792. The minimum Gasteiger partial charge on any atom is -0.465 e. The lowest BCUT2D eigenvalue weighted by atomic mass is 10.2. The summed E-state index contributed by atoms with van der Waals surface area (Å²) < 4.78 is 28.4. The van der Waals surface area contributed by atoms with Crippen LogP contribution in [-0.4, -0.2) is 33.6 Å². The fraction of sp³-hybridized carbons (Fsp3) is 0.250.